The Kier molecular flexibility index (Phi) is 6.22. The van der Waals surface area contributed by atoms with Gasteiger partial charge in [-0.2, -0.15) is 4.98 Å². The second-order valence-electron chi connectivity index (χ2n) is 7.08. The first-order valence-electron chi connectivity index (χ1n) is 10.0. The highest BCUT2D eigenvalue weighted by Gasteiger charge is 2.35. The number of esters is 1. The summed E-state index contributed by atoms with van der Waals surface area (Å²) in [4.78, 5) is 28.3. The standard InChI is InChI=1S/C22H21N5O4S/c1-3-31-20(28)18-14(2)23-21-24-22(32-13-15-8-5-4-6-9-15)25-26(21)19(18)16-10-7-11-17(12-16)27(29)30/h4-12,19H,3,13H2,1-2H3,(H,23,24,25)/t19-/m1/s1. The Morgan fingerprint density at radius 3 is 2.75 bits per heavy atom. The number of allylic oxidation sites excluding steroid dienone is 1. The monoisotopic (exact) mass is 451 g/mol. The molecule has 1 atom stereocenters. The molecule has 9 nitrogen and oxygen atoms in total. The third-order valence-electron chi connectivity index (χ3n) is 4.94. The van der Waals surface area contributed by atoms with E-state index in [-0.39, 0.29) is 12.3 Å². The predicted molar refractivity (Wildman–Crippen MR) is 120 cm³/mol. The Bertz CT molecular complexity index is 1190. The maximum absolute atomic E-state index is 12.8. The van der Waals surface area contributed by atoms with Gasteiger partial charge in [0.05, 0.1) is 17.1 Å². The minimum absolute atomic E-state index is 0.0674. The molecule has 2 aromatic carbocycles. The fourth-order valence-electron chi connectivity index (χ4n) is 3.50. The zero-order chi connectivity index (χ0) is 22.7. The Morgan fingerprint density at radius 1 is 1.25 bits per heavy atom. The molecule has 0 spiro atoms. The van der Waals surface area contributed by atoms with Crippen LogP contribution in [0.15, 0.2) is 71.0 Å². The van der Waals surface area contributed by atoms with Crippen LogP contribution in [0.25, 0.3) is 0 Å². The zero-order valence-corrected chi connectivity index (χ0v) is 18.3. The lowest BCUT2D eigenvalue weighted by Crippen LogP contribution is -2.29. The molecule has 0 unspecified atom stereocenters. The van der Waals surface area contributed by atoms with Crippen LogP contribution in [0.2, 0.25) is 0 Å². The van der Waals surface area contributed by atoms with Gasteiger partial charge in [-0.15, -0.1) is 5.10 Å². The van der Waals surface area contributed by atoms with Crippen molar-refractivity contribution < 1.29 is 14.5 Å². The molecule has 0 radical (unpaired) electrons. The van der Waals surface area contributed by atoms with Gasteiger partial charge < -0.3 is 10.1 Å². The van der Waals surface area contributed by atoms with Crippen LogP contribution < -0.4 is 5.32 Å². The molecule has 1 aliphatic heterocycles. The number of carbonyl (C=O) groups excluding carboxylic acids is 1. The number of ether oxygens (including phenoxy) is 1. The maximum Gasteiger partial charge on any atom is 0.338 e. The molecule has 2 heterocycles. The van der Waals surface area contributed by atoms with E-state index in [9.17, 15) is 14.9 Å². The van der Waals surface area contributed by atoms with Gasteiger partial charge in [0.15, 0.2) is 0 Å². The van der Waals surface area contributed by atoms with Crippen LogP contribution in [-0.4, -0.2) is 32.3 Å². The Labute approximate surface area is 188 Å². The van der Waals surface area contributed by atoms with Gasteiger partial charge in [-0.3, -0.25) is 10.1 Å². The van der Waals surface area contributed by atoms with Crippen molar-refractivity contribution in [1.29, 1.82) is 0 Å². The van der Waals surface area contributed by atoms with Crippen molar-refractivity contribution >= 4 is 29.4 Å². The first-order chi connectivity index (χ1) is 15.5. The number of aromatic nitrogens is 3. The number of benzene rings is 2. The smallest absolute Gasteiger partial charge is 0.338 e. The molecule has 0 amide bonds. The van der Waals surface area contributed by atoms with Gasteiger partial charge in [0, 0.05) is 23.6 Å². The van der Waals surface area contributed by atoms with Crippen molar-refractivity contribution in [2.45, 2.75) is 30.8 Å². The van der Waals surface area contributed by atoms with Crippen LogP contribution in [0.4, 0.5) is 11.6 Å². The molecule has 0 saturated carbocycles. The number of anilines is 1. The summed E-state index contributed by atoms with van der Waals surface area (Å²) < 4.78 is 6.86. The lowest BCUT2D eigenvalue weighted by molar-refractivity contribution is -0.384. The minimum atomic E-state index is -0.705. The van der Waals surface area contributed by atoms with E-state index in [2.05, 4.69) is 15.4 Å². The number of nitro benzene ring substituents is 1. The first kappa shape index (κ1) is 21.6. The van der Waals surface area contributed by atoms with Gasteiger partial charge in [-0.1, -0.05) is 54.2 Å². The summed E-state index contributed by atoms with van der Waals surface area (Å²) in [6.07, 6.45) is 0. The molecule has 10 heteroatoms. The summed E-state index contributed by atoms with van der Waals surface area (Å²) in [5.74, 6) is 0.638. The van der Waals surface area contributed by atoms with Gasteiger partial charge in [0.25, 0.3) is 5.69 Å². The number of thioether (sulfide) groups is 1. The molecule has 4 rings (SSSR count). The van der Waals surface area contributed by atoms with Crippen molar-refractivity contribution in [1.82, 2.24) is 14.8 Å². The van der Waals surface area contributed by atoms with Crippen molar-refractivity contribution in [2.24, 2.45) is 0 Å². The van der Waals surface area contributed by atoms with Crippen LogP contribution in [0.1, 0.15) is 31.0 Å². The maximum atomic E-state index is 12.8. The molecule has 3 aromatic rings. The summed E-state index contributed by atoms with van der Waals surface area (Å²) >= 11 is 1.47. The van der Waals surface area contributed by atoms with Gasteiger partial charge in [-0.25, -0.2) is 9.48 Å². The predicted octanol–water partition coefficient (Wildman–Crippen LogP) is 4.33. The van der Waals surface area contributed by atoms with E-state index in [1.807, 2.05) is 30.3 Å². The summed E-state index contributed by atoms with van der Waals surface area (Å²) in [5.41, 5.74) is 2.52. The number of non-ortho nitro benzene ring substituents is 1. The van der Waals surface area contributed by atoms with E-state index >= 15 is 0 Å². The Balaban J connectivity index is 1.74. The zero-order valence-electron chi connectivity index (χ0n) is 17.5. The van der Waals surface area contributed by atoms with Crippen molar-refractivity contribution in [2.75, 3.05) is 11.9 Å². The van der Waals surface area contributed by atoms with Gasteiger partial charge >= 0.3 is 5.97 Å². The van der Waals surface area contributed by atoms with Crippen LogP contribution in [0.5, 0.6) is 0 Å². The molecule has 0 bridgehead atoms. The van der Waals surface area contributed by atoms with Crippen molar-refractivity contribution in [3.63, 3.8) is 0 Å². The molecular formula is C22H21N5O4S. The fraction of sp³-hybridized carbons (Fsp3) is 0.227. The highest BCUT2D eigenvalue weighted by Crippen LogP contribution is 2.37. The lowest BCUT2D eigenvalue weighted by atomic mass is 9.95. The molecule has 32 heavy (non-hydrogen) atoms. The van der Waals surface area contributed by atoms with Gasteiger partial charge in [-0.05, 0) is 25.0 Å². The number of fused-ring (bicyclic) bond motifs is 1. The molecule has 0 fully saturated rings. The number of carbonyl (C=O) groups is 1. The Hall–Kier alpha value is -3.66. The number of nitrogens with one attached hydrogen (secondary N) is 1. The van der Waals surface area contributed by atoms with Gasteiger partial charge in [0.2, 0.25) is 11.1 Å². The normalized spacial score (nSPS) is 15.1. The van der Waals surface area contributed by atoms with E-state index in [0.29, 0.717) is 33.7 Å². The van der Waals surface area contributed by atoms with Crippen LogP contribution in [0, 0.1) is 10.1 Å². The number of rotatable bonds is 7. The SMILES string of the molecule is CCOC(=O)C1=C(C)Nc2nc(SCc3ccccc3)nn2[C@@H]1c1cccc([N+](=O)[O-])c1. The topological polar surface area (TPSA) is 112 Å². The molecule has 1 aliphatic rings. The number of nitro groups is 1. The third kappa shape index (κ3) is 4.35. The highest BCUT2D eigenvalue weighted by molar-refractivity contribution is 7.98. The fourth-order valence-corrected chi connectivity index (χ4v) is 4.29. The second-order valence-corrected chi connectivity index (χ2v) is 8.02. The molecule has 0 aliphatic carbocycles. The molecular weight excluding hydrogens is 430 g/mol. The summed E-state index contributed by atoms with van der Waals surface area (Å²) in [7, 11) is 0. The van der Waals surface area contributed by atoms with E-state index in [1.165, 1.54) is 23.9 Å². The minimum Gasteiger partial charge on any atom is -0.463 e. The van der Waals surface area contributed by atoms with E-state index < -0.39 is 16.9 Å². The lowest BCUT2D eigenvalue weighted by Gasteiger charge is -2.27. The molecule has 164 valence electrons. The average molecular weight is 452 g/mol. The van der Waals surface area contributed by atoms with E-state index in [1.54, 1.807) is 30.7 Å². The third-order valence-corrected chi connectivity index (χ3v) is 5.84. The van der Waals surface area contributed by atoms with Crippen LogP contribution >= 0.6 is 11.8 Å². The van der Waals surface area contributed by atoms with E-state index in [4.69, 9.17) is 4.74 Å². The number of hydrogen-bond donors (Lipinski definition) is 1. The molecule has 0 saturated heterocycles. The summed E-state index contributed by atoms with van der Waals surface area (Å²) in [6, 6.07) is 15.4. The van der Waals surface area contributed by atoms with Crippen LogP contribution in [-0.2, 0) is 15.3 Å². The average Bonchev–Trinajstić information content (AvgIpc) is 3.20. The molecule has 1 aromatic heterocycles. The number of nitrogens with zero attached hydrogens (tertiary/aromatic N) is 4. The Morgan fingerprint density at radius 2 is 2.03 bits per heavy atom. The first-order valence-corrected chi connectivity index (χ1v) is 11.0. The number of hydrogen-bond acceptors (Lipinski definition) is 8. The van der Waals surface area contributed by atoms with Gasteiger partial charge in [0.1, 0.15) is 6.04 Å². The largest absolute Gasteiger partial charge is 0.463 e. The second kappa shape index (κ2) is 9.23. The van der Waals surface area contributed by atoms with Crippen molar-refractivity contribution in [3.05, 3.63) is 87.1 Å². The van der Waals surface area contributed by atoms with Crippen LogP contribution in [0.3, 0.4) is 0 Å². The highest BCUT2D eigenvalue weighted by atomic mass is 32.2. The summed E-state index contributed by atoms with van der Waals surface area (Å²) in [5, 5.41) is 19.6. The van der Waals surface area contributed by atoms with E-state index in [0.717, 1.165) is 5.56 Å². The quantitative estimate of drug-likeness (QED) is 0.244. The van der Waals surface area contributed by atoms with Crippen molar-refractivity contribution in [3.8, 4) is 0 Å². The molecule has 1 N–H and O–H groups in total. The summed E-state index contributed by atoms with van der Waals surface area (Å²) in [6.45, 7) is 3.69.